The number of nitrogens with two attached hydrogens (primary N) is 1. The molecule has 0 amide bonds. The maximum atomic E-state index is 12.8. The van der Waals surface area contributed by atoms with Gasteiger partial charge in [-0.05, 0) is 6.07 Å². The lowest BCUT2D eigenvalue weighted by Crippen LogP contribution is -2.18. The lowest BCUT2D eigenvalue weighted by atomic mass is 10.1. The first-order valence-corrected chi connectivity index (χ1v) is 5.43. The summed E-state index contributed by atoms with van der Waals surface area (Å²) in [6, 6.07) is 9.79. The minimum Gasteiger partial charge on any atom is -0.329 e. The molecule has 0 saturated carbocycles. The molecule has 1 heterocycles. The highest BCUT2D eigenvalue weighted by atomic mass is 19.4. The van der Waals surface area contributed by atoms with Crippen LogP contribution in [0.15, 0.2) is 36.4 Å². The molecule has 0 aliphatic rings. The Morgan fingerprint density at radius 3 is 2.39 bits per heavy atom. The molecule has 0 spiro atoms. The zero-order valence-corrected chi connectivity index (χ0v) is 9.48. The second-order valence-corrected chi connectivity index (χ2v) is 3.79. The van der Waals surface area contributed by atoms with Gasteiger partial charge in [-0.1, -0.05) is 30.3 Å². The Morgan fingerprint density at radius 1 is 1.17 bits per heavy atom. The molecule has 6 heteroatoms. The van der Waals surface area contributed by atoms with Crippen LogP contribution >= 0.6 is 0 Å². The summed E-state index contributed by atoms with van der Waals surface area (Å²) in [6.07, 6.45) is -4.42. The highest BCUT2D eigenvalue weighted by Gasteiger charge is 2.35. The topological polar surface area (TPSA) is 43.8 Å². The fraction of sp³-hybridized carbons (Fsp3) is 0.250. The third-order valence-corrected chi connectivity index (χ3v) is 2.48. The predicted molar refractivity (Wildman–Crippen MR) is 61.7 cm³/mol. The van der Waals surface area contributed by atoms with Gasteiger partial charge in [0.2, 0.25) is 0 Å². The van der Waals surface area contributed by atoms with Gasteiger partial charge in [0.15, 0.2) is 0 Å². The monoisotopic (exact) mass is 255 g/mol. The highest BCUT2D eigenvalue weighted by Crippen LogP contribution is 2.32. The van der Waals surface area contributed by atoms with Gasteiger partial charge in [0.25, 0.3) is 0 Å². The maximum Gasteiger partial charge on any atom is 0.433 e. The fourth-order valence-electron chi connectivity index (χ4n) is 1.69. The Balaban J connectivity index is 2.46. The summed E-state index contributed by atoms with van der Waals surface area (Å²) < 4.78 is 39.3. The van der Waals surface area contributed by atoms with Gasteiger partial charge in [0.05, 0.1) is 12.2 Å². The number of rotatable bonds is 3. The molecule has 96 valence electrons. The van der Waals surface area contributed by atoms with Crippen LogP contribution in [-0.4, -0.2) is 16.3 Å². The van der Waals surface area contributed by atoms with Gasteiger partial charge in [-0.3, -0.25) is 4.68 Å². The van der Waals surface area contributed by atoms with E-state index in [4.69, 9.17) is 5.73 Å². The SMILES string of the molecule is NCCn1nc(-c2ccccc2)cc1C(F)(F)F. The maximum absolute atomic E-state index is 12.8. The van der Waals surface area contributed by atoms with Gasteiger partial charge in [0, 0.05) is 12.1 Å². The number of alkyl halides is 3. The summed E-state index contributed by atoms with van der Waals surface area (Å²) in [6.45, 7) is 0.153. The van der Waals surface area contributed by atoms with Crippen molar-refractivity contribution < 1.29 is 13.2 Å². The number of benzene rings is 1. The molecule has 2 rings (SSSR count). The van der Waals surface area contributed by atoms with Crippen LogP contribution in [0.1, 0.15) is 5.69 Å². The molecule has 0 aliphatic heterocycles. The summed E-state index contributed by atoms with van der Waals surface area (Å²) in [5, 5.41) is 3.95. The number of aromatic nitrogens is 2. The van der Waals surface area contributed by atoms with Gasteiger partial charge in [0.1, 0.15) is 5.69 Å². The van der Waals surface area contributed by atoms with E-state index >= 15 is 0 Å². The molecular formula is C12H12F3N3. The summed E-state index contributed by atoms with van der Waals surface area (Å²) in [7, 11) is 0. The van der Waals surface area contributed by atoms with Crippen LogP contribution in [0.5, 0.6) is 0 Å². The average molecular weight is 255 g/mol. The van der Waals surface area contributed by atoms with Crippen molar-refractivity contribution in [3.8, 4) is 11.3 Å². The largest absolute Gasteiger partial charge is 0.433 e. The first kappa shape index (κ1) is 12.6. The second-order valence-electron chi connectivity index (χ2n) is 3.79. The molecule has 2 N–H and O–H groups in total. The molecule has 1 aromatic carbocycles. The van der Waals surface area contributed by atoms with Crippen molar-refractivity contribution in [1.29, 1.82) is 0 Å². The Morgan fingerprint density at radius 2 is 1.83 bits per heavy atom. The van der Waals surface area contributed by atoms with Crippen LogP contribution in [0.4, 0.5) is 13.2 Å². The minimum atomic E-state index is -4.42. The Kier molecular flexibility index (Phi) is 3.38. The third-order valence-electron chi connectivity index (χ3n) is 2.48. The minimum absolute atomic E-state index is 0.0433. The third kappa shape index (κ3) is 2.53. The zero-order chi connectivity index (χ0) is 13.2. The van der Waals surface area contributed by atoms with Crippen LogP contribution in [-0.2, 0) is 12.7 Å². The molecule has 0 saturated heterocycles. The average Bonchev–Trinajstić information content (AvgIpc) is 2.75. The van der Waals surface area contributed by atoms with E-state index in [1.807, 2.05) is 0 Å². The molecule has 0 unspecified atom stereocenters. The smallest absolute Gasteiger partial charge is 0.329 e. The zero-order valence-electron chi connectivity index (χ0n) is 9.48. The van der Waals surface area contributed by atoms with Crippen molar-refractivity contribution in [3.05, 3.63) is 42.1 Å². The summed E-state index contributed by atoms with van der Waals surface area (Å²) in [4.78, 5) is 0. The van der Waals surface area contributed by atoms with Crippen LogP contribution in [0.3, 0.4) is 0 Å². The van der Waals surface area contributed by atoms with Gasteiger partial charge < -0.3 is 5.73 Å². The van der Waals surface area contributed by atoms with Crippen molar-refractivity contribution in [2.45, 2.75) is 12.7 Å². The molecule has 0 aliphatic carbocycles. The van der Waals surface area contributed by atoms with Gasteiger partial charge in [-0.2, -0.15) is 18.3 Å². The van der Waals surface area contributed by atoms with Crippen molar-refractivity contribution >= 4 is 0 Å². The van der Waals surface area contributed by atoms with Crippen molar-refractivity contribution in [2.24, 2.45) is 5.73 Å². The quantitative estimate of drug-likeness (QED) is 0.915. The van der Waals surface area contributed by atoms with Crippen LogP contribution in [0.2, 0.25) is 0 Å². The van der Waals surface area contributed by atoms with E-state index in [0.29, 0.717) is 11.3 Å². The highest BCUT2D eigenvalue weighted by molar-refractivity contribution is 5.59. The Hall–Kier alpha value is -1.82. The molecule has 0 atom stereocenters. The van der Waals surface area contributed by atoms with Crippen LogP contribution in [0.25, 0.3) is 11.3 Å². The lowest BCUT2D eigenvalue weighted by molar-refractivity contribution is -0.144. The number of nitrogens with zero attached hydrogens (tertiary/aromatic N) is 2. The van der Waals surface area contributed by atoms with Gasteiger partial charge in [-0.25, -0.2) is 0 Å². The van der Waals surface area contributed by atoms with E-state index in [-0.39, 0.29) is 13.1 Å². The Bertz CT molecular complexity index is 517. The van der Waals surface area contributed by atoms with E-state index in [2.05, 4.69) is 5.10 Å². The van der Waals surface area contributed by atoms with Crippen molar-refractivity contribution in [1.82, 2.24) is 9.78 Å². The van der Waals surface area contributed by atoms with E-state index in [9.17, 15) is 13.2 Å². The van der Waals surface area contributed by atoms with Crippen LogP contribution in [0, 0.1) is 0 Å². The summed E-state index contributed by atoms with van der Waals surface area (Å²) in [5.74, 6) is 0. The molecule has 0 bridgehead atoms. The van der Waals surface area contributed by atoms with Crippen molar-refractivity contribution in [3.63, 3.8) is 0 Å². The predicted octanol–water partition coefficient (Wildman–Crippen LogP) is 2.53. The van der Waals surface area contributed by atoms with Gasteiger partial charge in [-0.15, -0.1) is 0 Å². The van der Waals surface area contributed by atoms with E-state index in [1.165, 1.54) is 0 Å². The summed E-state index contributed by atoms with van der Waals surface area (Å²) in [5.41, 5.74) is 5.47. The van der Waals surface area contributed by atoms with E-state index in [1.54, 1.807) is 30.3 Å². The van der Waals surface area contributed by atoms with E-state index < -0.39 is 11.9 Å². The van der Waals surface area contributed by atoms with E-state index in [0.717, 1.165) is 10.7 Å². The molecule has 18 heavy (non-hydrogen) atoms. The first-order chi connectivity index (χ1) is 8.52. The fourth-order valence-corrected chi connectivity index (χ4v) is 1.69. The molecule has 2 aromatic rings. The first-order valence-electron chi connectivity index (χ1n) is 5.43. The second kappa shape index (κ2) is 4.81. The summed E-state index contributed by atoms with van der Waals surface area (Å²) >= 11 is 0. The lowest BCUT2D eigenvalue weighted by Gasteiger charge is -2.08. The standard InChI is InChI=1S/C12H12F3N3/c13-12(14,15)11-8-10(17-18(11)7-6-16)9-4-2-1-3-5-9/h1-5,8H,6-7,16H2. The Labute approximate surface area is 102 Å². The normalized spacial score (nSPS) is 11.8. The van der Waals surface area contributed by atoms with Crippen LogP contribution < -0.4 is 5.73 Å². The molecule has 3 nitrogen and oxygen atoms in total. The molecule has 1 aromatic heterocycles. The molecular weight excluding hydrogens is 243 g/mol. The van der Waals surface area contributed by atoms with Crippen molar-refractivity contribution in [2.75, 3.05) is 6.54 Å². The molecule has 0 radical (unpaired) electrons. The molecule has 0 fully saturated rings. The number of halogens is 3. The number of hydrogen-bond acceptors (Lipinski definition) is 2. The number of hydrogen-bond donors (Lipinski definition) is 1. The van der Waals surface area contributed by atoms with Gasteiger partial charge >= 0.3 is 6.18 Å².